The highest BCUT2D eigenvalue weighted by Crippen LogP contribution is 2.49. The number of rotatable bonds is 4. The number of pyridine rings is 1. The number of Topliss-reactive ketones (excluding diaryl/α,β-unsaturated/α-hetero) is 1. The van der Waals surface area contributed by atoms with Gasteiger partial charge in [0, 0.05) is 17.3 Å². The van der Waals surface area contributed by atoms with Gasteiger partial charge in [0.25, 0.3) is 0 Å². The summed E-state index contributed by atoms with van der Waals surface area (Å²) in [7, 11) is 1.22. The predicted octanol–water partition coefficient (Wildman–Crippen LogP) is 3.40. The van der Waals surface area contributed by atoms with Gasteiger partial charge in [-0.2, -0.15) is 0 Å². The number of aliphatic imine (C=N–C) groups is 1. The van der Waals surface area contributed by atoms with Crippen molar-refractivity contribution >= 4 is 52.1 Å². The van der Waals surface area contributed by atoms with Gasteiger partial charge in [-0.3, -0.25) is 24.4 Å². The van der Waals surface area contributed by atoms with Gasteiger partial charge in [0.15, 0.2) is 5.78 Å². The van der Waals surface area contributed by atoms with E-state index in [0.29, 0.717) is 16.8 Å². The number of hydrogen-bond donors (Lipinski definition) is 1. The molecule has 2 aliphatic heterocycles. The average Bonchev–Trinajstić information content (AvgIpc) is 3.64. The molecule has 0 radical (unpaired) electrons. The Balaban J connectivity index is 1.51. The standard InChI is InChI=1S/C26H17N3O6S/c1-35-26(34)23-15(9-11-36-23)29-24(32)16-17(25(29)33)20(28-19(16)14-8-4-5-10-27-14)18-21(30)12-6-2-3-7-13(12)22(18)31/h2-11,16-17,19,30H,1H3/t16-,17+,19+/m1/s1. The molecule has 1 N–H and O–H groups in total. The molecule has 178 valence electrons. The van der Waals surface area contributed by atoms with Crippen LogP contribution in [0.3, 0.4) is 0 Å². The second-order valence-corrected chi connectivity index (χ2v) is 9.37. The van der Waals surface area contributed by atoms with Crippen LogP contribution < -0.4 is 4.90 Å². The first-order valence-electron chi connectivity index (χ1n) is 11.0. The Bertz CT molecular complexity index is 1540. The Kier molecular flexibility index (Phi) is 4.94. The summed E-state index contributed by atoms with van der Waals surface area (Å²) in [5.41, 5.74) is 1.17. The molecule has 0 unspecified atom stereocenters. The second kappa shape index (κ2) is 8.06. The molecule has 3 aliphatic rings. The van der Waals surface area contributed by atoms with Crippen LogP contribution in [0.25, 0.3) is 5.76 Å². The third kappa shape index (κ3) is 2.94. The summed E-state index contributed by atoms with van der Waals surface area (Å²) < 4.78 is 4.82. The number of thiophene rings is 1. The van der Waals surface area contributed by atoms with Crippen LogP contribution in [0.4, 0.5) is 5.69 Å². The van der Waals surface area contributed by atoms with E-state index in [1.54, 1.807) is 54.0 Å². The summed E-state index contributed by atoms with van der Waals surface area (Å²) in [6.07, 6.45) is 1.55. The van der Waals surface area contributed by atoms with Crippen LogP contribution in [-0.4, -0.2) is 46.5 Å². The number of fused-ring (bicyclic) bond motifs is 2. The van der Waals surface area contributed by atoms with Crippen LogP contribution in [0.15, 0.2) is 70.7 Å². The SMILES string of the molecule is COC(=O)c1sccc1N1C(=O)[C@@H]2C(C3=C(O)c4ccccc4C3=O)=N[C@@H](c3ccccn3)[C@@H]2C1=O. The second-order valence-electron chi connectivity index (χ2n) is 8.45. The van der Waals surface area contributed by atoms with Crippen molar-refractivity contribution in [3.63, 3.8) is 0 Å². The number of hydrogen-bond acceptors (Lipinski definition) is 9. The van der Waals surface area contributed by atoms with E-state index in [9.17, 15) is 24.3 Å². The van der Waals surface area contributed by atoms with Crippen LogP contribution >= 0.6 is 11.3 Å². The molecule has 0 bridgehead atoms. The van der Waals surface area contributed by atoms with Gasteiger partial charge in [0.2, 0.25) is 11.8 Å². The van der Waals surface area contributed by atoms with Gasteiger partial charge in [-0.1, -0.05) is 30.3 Å². The maximum Gasteiger partial charge on any atom is 0.350 e. The molecule has 3 aromatic rings. The number of allylic oxidation sites excluding steroid dienone is 1. The van der Waals surface area contributed by atoms with Crippen molar-refractivity contribution in [3.8, 4) is 0 Å². The molecule has 1 aliphatic carbocycles. The van der Waals surface area contributed by atoms with Gasteiger partial charge in [-0.05, 0) is 23.6 Å². The molecule has 1 saturated heterocycles. The number of anilines is 1. The number of imide groups is 1. The van der Waals surface area contributed by atoms with Crippen LogP contribution in [0.2, 0.25) is 0 Å². The van der Waals surface area contributed by atoms with E-state index in [1.165, 1.54) is 13.2 Å². The summed E-state index contributed by atoms with van der Waals surface area (Å²) >= 11 is 1.05. The Hall–Kier alpha value is -4.44. The molecule has 3 atom stereocenters. The van der Waals surface area contributed by atoms with Gasteiger partial charge < -0.3 is 9.84 Å². The Labute approximate surface area is 208 Å². The van der Waals surface area contributed by atoms with Crippen molar-refractivity contribution in [2.45, 2.75) is 6.04 Å². The largest absolute Gasteiger partial charge is 0.506 e. The summed E-state index contributed by atoms with van der Waals surface area (Å²) in [5, 5.41) is 12.6. The first-order valence-corrected chi connectivity index (χ1v) is 11.9. The van der Waals surface area contributed by atoms with E-state index in [-0.39, 0.29) is 27.6 Å². The molecule has 10 heteroatoms. The van der Waals surface area contributed by atoms with E-state index in [4.69, 9.17) is 4.74 Å². The number of aliphatic hydroxyl groups excluding tert-OH is 1. The molecular weight excluding hydrogens is 482 g/mol. The van der Waals surface area contributed by atoms with Crippen molar-refractivity contribution in [2.24, 2.45) is 16.8 Å². The molecule has 1 fully saturated rings. The number of esters is 1. The van der Waals surface area contributed by atoms with Gasteiger partial charge in [-0.25, -0.2) is 9.69 Å². The number of nitrogens with zero attached hydrogens (tertiary/aromatic N) is 3. The zero-order chi connectivity index (χ0) is 25.1. The minimum atomic E-state index is -1.13. The van der Waals surface area contributed by atoms with Gasteiger partial charge in [-0.15, -0.1) is 11.3 Å². The quantitative estimate of drug-likeness (QED) is 0.431. The lowest BCUT2D eigenvalue weighted by Gasteiger charge is -2.18. The number of ketones is 1. The highest BCUT2D eigenvalue weighted by molar-refractivity contribution is 7.12. The maximum absolute atomic E-state index is 13.8. The van der Waals surface area contributed by atoms with Gasteiger partial charge in [0.1, 0.15) is 16.7 Å². The molecular formula is C26H17N3O6S. The molecule has 1 aromatic carbocycles. The minimum absolute atomic E-state index is 0.0463. The summed E-state index contributed by atoms with van der Waals surface area (Å²) in [6, 6.07) is 12.4. The first kappa shape index (κ1) is 22.1. The molecule has 36 heavy (non-hydrogen) atoms. The monoisotopic (exact) mass is 499 g/mol. The molecule has 0 saturated carbocycles. The summed E-state index contributed by atoms with van der Waals surface area (Å²) in [6.45, 7) is 0. The van der Waals surface area contributed by atoms with E-state index in [2.05, 4.69) is 9.98 Å². The first-order chi connectivity index (χ1) is 17.4. The molecule has 0 spiro atoms. The number of carbonyl (C=O) groups is 4. The highest BCUT2D eigenvalue weighted by Gasteiger charge is 2.60. The van der Waals surface area contributed by atoms with Crippen molar-refractivity contribution in [1.29, 1.82) is 0 Å². The number of ether oxygens (including phenoxy) is 1. The third-order valence-electron chi connectivity index (χ3n) is 6.66. The Morgan fingerprint density at radius 3 is 2.47 bits per heavy atom. The number of methoxy groups -OCH3 is 1. The van der Waals surface area contributed by atoms with E-state index in [1.807, 2.05) is 0 Å². The number of aromatic nitrogens is 1. The van der Waals surface area contributed by atoms with Crippen LogP contribution in [0.1, 0.15) is 37.3 Å². The van der Waals surface area contributed by atoms with Crippen molar-refractivity contribution < 1.29 is 29.0 Å². The van der Waals surface area contributed by atoms with Crippen molar-refractivity contribution in [1.82, 2.24) is 4.98 Å². The van der Waals surface area contributed by atoms with E-state index >= 15 is 0 Å². The topological polar surface area (TPSA) is 126 Å². The maximum atomic E-state index is 13.8. The van der Waals surface area contributed by atoms with Crippen LogP contribution in [0, 0.1) is 11.8 Å². The number of benzene rings is 1. The lowest BCUT2D eigenvalue weighted by molar-refractivity contribution is -0.122. The van der Waals surface area contributed by atoms with Crippen molar-refractivity contribution in [3.05, 3.63) is 87.4 Å². The molecule has 6 rings (SSSR count). The summed E-state index contributed by atoms with van der Waals surface area (Å²) in [5.74, 6) is -4.74. The smallest absolute Gasteiger partial charge is 0.350 e. The Morgan fingerprint density at radius 2 is 1.78 bits per heavy atom. The predicted molar refractivity (Wildman–Crippen MR) is 130 cm³/mol. The molecule has 4 heterocycles. The average molecular weight is 500 g/mol. The van der Waals surface area contributed by atoms with E-state index < -0.39 is 41.4 Å². The highest BCUT2D eigenvalue weighted by atomic mass is 32.1. The summed E-state index contributed by atoms with van der Waals surface area (Å²) in [4.78, 5) is 63.3. The molecule has 2 aromatic heterocycles. The van der Waals surface area contributed by atoms with E-state index in [0.717, 1.165) is 16.2 Å². The molecule has 2 amide bonds. The lowest BCUT2D eigenvalue weighted by atomic mass is 9.84. The zero-order valence-electron chi connectivity index (χ0n) is 18.7. The van der Waals surface area contributed by atoms with Gasteiger partial charge in [0.05, 0.1) is 41.6 Å². The fourth-order valence-corrected chi connectivity index (χ4v) is 5.89. The zero-order valence-corrected chi connectivity index (χ0v) is 19.6. The Morgan fingerprint density at radius 1 is 1.03 bits per heavy atom. The van der Waals surface area contributed by atoms with Crippen molar-refractivity contribution in [2.75, 3.05) is 12.0 Å². The van der Waals surface area contributed by atoms with Crippen LogP contribution in [0.5, 0.6) is 0 Å². The fourth-order valence-electron chi connectivity index (χ4n) is 5.09. The normalized spacial score (nSPS) is 22.7. The van der Waals surface area contributed by atoms with Crippen LogP contribution in [-0.2, 0) is 14.3 Å². The lowest BCUT2D eigenvalue weighted by Crippen LogP contribution is -2.34. The minimum Gasteiger partial charge on any atom is -0.506 e. The fraction of sp³-hybridized carbons (Fsp3) is 0.154. The number of aliphatic hydroxyl groups is 1. The number of amides is 2. The molecule has 9 nitrogen and oxygen atoms in total. The third-order valence-corrected chi connectivity index (χ3v) is 7.54. The number of carbonyl (C=O) groups excluding carboxylic acids is 4. The van der Waals surface area contributed by atoms with Gasteiger partial charge >= 0.3 is 5.97 Å².